The van der Waals surface area contributed by atoms with Crippen LogP contribution in [0.2, 0.25) is 10.0 Å². The summed E-state index contributed by atoms with van der Waals surface area (Å²) in [6, 6.07) is 33.0. The van der Waals surface area contributed by atoms with Crippen LogP contribution in [-0.2, 0) is 9.31 Å². The number of carbonyl (C=O) groups excluding carboxylic acids is 3. The molecule has 1 aliphatic rings. The first-order valence-electron chi connectivity index (χ1n) is 23.2. The lowest BCUT2D eigenvalue weighted by Crippen LogP contribution is -2.41. The van der Waals surface area contributed by atoms with Crippen molar-refractivity contribution in [1.29, 1.82) is 0 Å². The van der Waals surface area contributed by atoms with E-state index in [-0.39, 0.29) is 23.2 Å². The van der Waals surface area contributed by atoms with Crippen LogP contribution in [0.3, 0.4) is 0 Å². The van der Waals surface area contributed by atoms with E-state index in [1.165, 1.54) is 69.6 Å². The van der Waals surface area contributed by atoms with Gasteiger partial charge in [-0.25, -0.2) is 23.5 Å². The number of aromatic nitrogens is 2. The van der Waals surface area contributed by atoms with Crippen LogP contribution in [-0.4, -0.2) is 56.4 Å². The smallest absolute Gasteiger partial charge is 0.477 e. The first-order chi connectivity index (χ1) is 37.8. The number of carboxylic acid groups (broad SMARTS) is 1. The highest BCUT2D eigenvalue weighted by molar-refractivity contribution is 9.11. The number of amides is 2. The normalized spacial score (nSPS) is 12.9. The molecule has 0 spiro atoms. The number of hydrogen-bond acceptors (Lipinski definition) is 14. The molecule has 4 aromatic carbocycles. The number of aryl methyl sites for hydroxylation is 2. The number of oxazole rings is 2. The van der Waals surface area contributed by atoms with Crippen molar-refractivity contribution in [2.75, 3.05) is 10.6 Å². The van der Waals surface area contributed by atoms with Crippen LogP contribution in [0.15, 0.2) is 142 Å². The predicted octanol–water partition coefficient (Wildman–Crippen LogP) is 18.0. The van der Waals surface area contributed by atoms with Crippen LogP contribution >= 0.6 is 128 Å². The second-order valence-electron chi connectivity index (χ2n) is 17.6. The van der Waals surface area contributed by atoms with Gasteiger partial charge in [0.15, 0.2) is 22.9 Å². The molecule has 7 heterocycles. The number of halogens is 8. The zero-order valence-electron chi connectivity index (χ0n) is 42.4. The van der Waals surface area contributed by atoms with Gasteiger partial charge in [-0.2, -0.15) is 0 Å². The van der Waals surface area contributed by atoms with E-state index in [0.717, 1.165) is 32.8 Å². The van der Waals surface area contributed by atoms with E-state index >= 15 is 0 Å². The Bertz CT molecular complexity index is 3820. The molecule has 1 fully saturated rings. The molecule has 11 rings (SSSR count). The van der Waals surface area contributed by atoms with E-state index in [1.807, 2.05) is 46.8 Å². The molecular weight excluding hydrogens is 1370 g/mol. The summed E-state index contributed by atoms with van der Waals surface area (Å²) in [5.74, 6) is -1.30. The van der Waals surface area contributed by atoms with Crippen molar-refractivity contribution >= 4 is 197 Å². The first-order valence-corrected chi connectivity index (χ1v) is 29.9. The maximum Gasteiger partial charge on any atom is 0.496 e. The van der Waals surface area contributed by atoms with Gasteiger partial charge in [-0.15, -0.1) is 45.3 Å². The molecule has 3 N–H and O–H groups in total. The molecule has 1 aliphatic heterocycles. The number of fused-ring (bicyclic) bond motifs is 2. The lowest BCUT2D eigenvalue weighted by Gasteiger charge is -2.32. The van der Waals surface area contributed by atoms with E-state index < -0.39 is 41.2 Å². The fourth-order valence-corrected chi connectivity index (χ4v) is 12.3. The number of nitrogens with zero attached hydrogens (tertiary/aromatic N) is 2. The van der Waals surface area contributed by atoms with Gasteiger partial charge in [-0.05, 0) is 184 Å². The zero-order valence-corrected chi connectivity index (χ0v) is 52.7. The number of hydrogen-bond donors (Lipinski definition) is 3. The summed E-state index contributed by atoms with van der Waals surface area (Å²) >= 11 is 32.6. The number of thiophene rings is 4. The number of anilines is 2. The van der Waals surface area contributed by atoms with Crippen molar-refractivity contribution in [3.05, 3.63) is 186 Å². The van der Waals surface area contributed by atoms with E-state index in [2.05, 4.69) is 68.4 Å². The van der Waals surface area contributed by atoms with Crippen molar-refractivity contribution in [3.8, 4) is 10.4 Å². The van der Waals surface area contributed by atoms with Gasteiger partial charge in [0, 0.05) is 34.8 Å². The second-order valence-corrected chi connectivity index (χ2v) is 27.2. The molecule has 26 heteroatoms. The Morgan fingerprint density at radius 2 is 1.01 bits per heavy atom. The summed E-state index contributed by atoms with van der Waals surface area (Å²) in [4.78, 5) is 55.9. The predicted molar refractivity (Wildman–Crippen MR) is 328 cm³/mol. The van der Waals surface area contributed by atoms with E-state index in [0.29, 0.717) is 58.0 Å². The molecule has 0 saturated carbocycles. The zero-order chi connectivity index (χ0) is 58.2. The molecule has 0 radical (unpaired) electrons. The molecule has 0 bridgehead atoms. The van der Waals surface area contributed by atoms with Crippen molar-refractivity contribution in [3.63, 3.8) is 0 Å². The van der Waals surface area contributed by atoms with Crippen LogP contribution in [0.1, 0.15) is 78.2 Å². The Kier molecular flexibility index (Phi) is 21.3. The van der Waals surface area contributed by atoms with Crippen LogP contribution in [0.5, 0.6) is 0 Å². The number of carboxylic acids is 1. The van der Waals surface area contributed by atoms with E-state index in [1.54, 1.807) is 91.9 Å². The van der Waals surface area contributed by atoms with Gasteiger partial charge < -0.3 is 33.9 Å². The summed E-state index contributed by atoms with van der Waals surface area (Å²) in [6.45, 7) is 11.6. The number of benzene rings is 4. The Labute approximate surface area is 513 Å². The van der Waals surface area contributed by atoms with Crippen molar-refractivity contribution in [1.82, 2.24) is 9.97 Å². The van der Waals surface area contributed by atoms with Gasteiger partial charge >= 0.3 is 13.1 Å². The summed E-state index contributed by atoms with van der Waals surface area (Å²) < 4.78 is 52.7. The first kappa shape index (κ1) is 62.5. The molecule has 6 aromatic heterocycles. The quantitative estimate of drug-likeness (QED) is 0.0972. The van der Waals surface area contributed by atoms with Crippen molar-refractivity contribution in [2.45, 2.75) is 52.7 Å². The Balaban J connectivity index is 0.000000153. The summed E-state index contributed by atoms with van der Waals surface area (Å²) in [5.41, 5.74) is 3.82. The molecule has 2 amide bonds. The average Bonchev–Trinajstić information content (AvgIpc) is 4.42. The lowest BCUT2D eigenvalue weighted by atomic mass is 9.79. The van der Waals surface area contributed by atoms with Gasteiger partial charge in [-0.1, -0.05) is 47.5 Å². The number of aromatic carboxylic acids is 1. The monoisotopic (exact) mass is 1410 g/mol. The summed E-state index contributed by atoms with van der Waals surface area (Å²) in [7, 11) is -0.498. The van der Waals surface area contributed by atoms with Gasteiger partial charge in [-0.3, -0.25) is 14.4 Å². The van der Waals surface area contributed by atoms with E-state index in [9.17, 15) is 28.0 Å². The highest BCUT2D eigenvalue weighted by Gasteiger charge is 2.52. The number of rotatable bonds is 8. The standard InChI is InChI=1S/C19H12ClFN2O2S.C14H17BClNO3.C11H7BrFNOS.C5H2BrClOS.C5H3BrO2S/c1-10-22-15-9-12(20)11(8-16(15)25-10)17-6-7-18(26-17)19(24)23-14-5-3-2-4-13(14)21;1-8-17-11-7-10(16)9(6-12(11)18-8)15-19-13(2,3)14(4,5)20-15;12-10-6-5-9(16-10)11(15)14-8-4-2-1-3-7(8)13;2*6-4-2-1-3(9-4)5(7)8/h2-9H,1H3,(H,23,24);6-7H,1-5H3;1-6H,(H,14,15);1-2H;1-2H,(H,7,8). The Morgan fingerprint density at radius 3 is 1.44 bits per heavy atom. The van der Waals surface area contributed by atoms with E-state index in [4.69, 9.17) is 58.1 Å². The van der Waals surface area contributed by atoms with Gasteiger partial charge in [0.1, 0.15) is 27.5 Å². The highest BCUT2D eigenvalue weighted by Crippen LogP contribution is 2.39. The highest BCUT2D eigenvalue weighted by atomic mass is 79.9. The molecule has 0 aliphatic carbocycles. The average molecular weight is 1410 g/mol. The lowest BCUT2D eigenvalue weighted by molar-refractivity contribution is 0.00578. The number of para-hydroxylation sites is 2. The Hall–Kier alpha value is -5.15. The minimum atomic E-state index is -0.870. The third kappa shape index (κ3) is 16.3. The van der Waals surface area contributed by atoms with Crippen molar-refractivity contribution < 1.29 is 51.2 Å². The summed E-state index contributed by atoms with van der Waals surface area (Å²) in [6.07, 6.45) is 0. The summed E-state index contributed by atoms with van der Waals surface area (Å²) in [5, 5.41) is 14.2. The molecule has 0 atom stereocenters. The maximum absolute atomic E-state index is 13.7. The van der Waals surface area contributed by atoms with Crippen LogP contribution in [0.25, 0.3) is 32.6 Å². The van der Waals surface area contributed by atoms with Gasteiger partial charge in [0.05, 0.1) is 53.6 Å². The maximum atomic E-state index is 13.7. The molecule has 10 aromatic rings. The third-order valence-electron chi connectivity index (χ3n) is 11.4. The van der Waals surface area contributed by atoms with Gasteiger partial charge in [0.25, 0.3) is 17.1 Å². The fraction of sp³-hybridized carbons (Fsp3) is 0.148. The minimum Gasteiger partial charge on any atom is -0.477 e. The van der Waals surface area contributed by atoms with Crippen LogP contribution in [0, 0.1) is 25.5 Å². The second kappa shape index (κ2) is 27.3. The number of carbonyl (C=O) groups is 4. The Morgan fingerprint density at radius 1 is 0.588 bits per heavy atom. The largest absolute Gasteiger partial charge is 0.496 e. The minimum absolute atomic E-state index is 0.143. The molecular formula is C54H41BBr3Cl3F2N4O9S4. The molecule has 414 valence electrons. The van der Waals surface area contributed by atoms with Crippen molar-refractivity contribution in [2.24, 2.45) is 0 Å². The SMILES string of the molecule is Cc1nc2cc(Cl)c(-c3ccc(C(=O)Nc4ccccc4F)s3)cc2o1.Cc1nc2cc(Cl)c(B3OC(C)(C)C(C)(C)O3)cc2o1.O=C(Cl)c1ccc(Br)s1.O=C(Nc1ccccc1F)c1ccc(Br)s1.O=C(O)c1ccc(Br)s1. The van der Waals surface area contributed by atoms with Gasteiger partial charge in [0.2, 0.25) is 0 Å². The van der Waals surface area contributed by atoms with Crippen LogP contribution < -0.4 is 16.1 Å². The molecule has 1 saturated heterocycles. The van der Waals surface area contributed by atoms with Crippen LogP contribution in [0.4, 0.5) is 20.2 Å². The molecule has 0 unspecified atom stereocenters. The molecule has 80 heavy (non-hydrogen) atoms. The number of nitrogens with one attached hydrogen (secondary N) is 2. The fourth-order valence-electron chi connectivity index (χ4n) is 6.87. The third-order valence-corrected chi connectivity index (χ3v) is 18.3. The topological polar surface area (TPSA) is 183 Å². The molecule has 13 nitrogen and oxygen atoms in total.